The lowest BCUT2D eigenvalue weighted by molar-refractivity contribution is 0.571. The molecular formula is C35H21N3O2. The molecule has 0 atom stereocenters. The van der Waals surface area contributed by atoms with Crippen LogP contribution in [0.1, 0.15) is 0 Å². The van der Waals surface area contributed by atoms with Crippen molar-refractivity contribution in [3.05, 3.63) is 138 Å². The van der Waals surface area contributed by atoms with Gasteiger partial charge in [-0.3, -0.25) is 4.57 Å². The molecule has 5 heteroatoms. The van der Waals surface area contributed by atoms with E-state index >= 15 is 0 Å². The molecule has 0 aliphatic rings. The molecule has 0 radical (unpaired) electrons. The Balaban J connectivity index is 1.54. The Hall–Kier alpha value is -5.55. The zero-order chi connectivity index (χ0) is 26.6. The Labute approximate surface area is 228 Å². The van der Waals surface area contributed by atoms with E-state index in [1.165, 1.54) is 0 Å². The molecule has 40 heavy (non-hydrogen) atoms. The van der Waals surface area contributed by atoms with Crippen molar-refractivity contribution in [2.75, 3.05) is 0 Å². The SMILES string of the molecule is O=c1oc2c(ccc3c4ccccc4n(-c4nc(-c5ccccc5)cc(-c5ccccc5)n4)c32)c2ccccc12. The first kappa shape index (κ1) is 22.4. The summed E-state index contributed by atoms with van der Waals surface area (Å²) in [6.45, 7) is 0. The maximum Gasteiger partial charge on any atom is 0.344 e. The quantitative estimate of drug-likeness (QED) is 0.176. The van der Waals surface area contributed by atoms with Crippen molar-refractivity contribution >= 4 is 43.5 Å². The van der Waals surface area contributed by atoms with E-state index in [9.17, 15) is 4.79 Å². The highest BCUT2D eigenvalue weighted by molar-refractivity contribution is 6.20. The topological polar surface area (TPSA) is 60.9 Å². The summed E-state index contributed by atoms with van der Waals surface area (Å²) in [6, 6.07) is 42.1. The van der Waals surface area contributed by atoms with Gasteiger partial charge in [0.25, 0.3) is 0 Å². The second kappa shape index (κ2) is 8.75. The monoisotopic (exact) mass is 515 g/mol. The summed E-state index contributed by atoms with van der Waals surface area (Å²) in [5.41, 5.74) is 5.46. The number of fused-ring (bicyclic) bond motifs is 7. The number of nitrogens with zero attached hydrogens (tertiary/aromatic N) is 3. The van der Waals surface area contributed by atoms with Gasteiger partial charge in [0, 0.05) is 27.3 Å². The number of benzene rings is 5. The Morgan fingerprint density at radius 2 is 1.07 bits per heavy atom. The Kier molecular flexibility index (Phi) is 4.91. The molecule has 188 valence electrons. The third kappa shape index (κ3) is 3.38. The standard InChI is InChI=1S/C35H21N3O2/c39-34-28-17-8-7-15-24(28)27-20-19-26-25-16-9-10-18-31(25)38(32(26)33(27)40-34)35-36-29(22-11-3-1-4-12-22)21-30(37-35)23-13-5-2-6-14-23/h1-21H. The maximum atomic E-state index is 13.2. The number of hydrogen-bond donors (Lipinski definition) is 0. The average molecular weight is 516 g/mol. The second-order valence-corrected chi connectivity index (χ2v) is 9.80. The van der Waals surface area contributed by atoms with Crippen LogP contribution in [0, 0.1) is 0 Å². The first-order valence-corrected chi connectivity index (χ1v) is 13.1. The van der Waals surface area contributed by atoms with Gasteiger partial charge in [-0.1, -0.05) is 103 Å². The van der Waals surface area contributed by atoms with Crippen molar-refractivity contribution in [3.63, 3.8) is 0 Å². The van der Waals surface area contributed by atoms with Crippen LogP contribution in [0.3, 0.4) is 0 Å². The highest BCUT2D eigenvalue weighted by Crippen LogP contribution is 2.38. The molecule has 0 unspecified atom stereocenters. The fourth-order valence-electron chi connectivity index (χ4n) is 5.64. The van der Waals surface area contributed by atoms with Gasteiger partial charge in [-0.25, -0.2) is 14.8 Å². The molecule has 0 saturated carbocycles. The number of hydrogen-bond acceptors (Lipinski definition) is 4. The van der Waals surface area contributed by atoms with Crippen LogP contribution in [0.2, 0.25) is 0 Å². The van der Waals surface area contributed by atoms with E-state index in [-0.39, 0.29) is 5.63 Å². The Morgan fingerprint density at radius 1 is 0.525 bits per heavy atom. The molecule has 5 nitrogen and oxygen atoms in total. The molecular weight excluding hydrogens is 494 g/mol. The minimum atomic E-state index is -0.365. The second-order valence-electron chi connectivity index (χ2n) is 9.80. The van der Waals surface area contributed by atoms with E-state index in [4.69, 9.17) is 14.4 Å². The number of para-hydroxylation sites is 1. The summed E-state index contributed by atoms with van der Waals surface area (Å²) in [6.07, 6.45) is 0. The molecule has 0 amide bonds. The minimum absolute atomic E-state index is 0.365. The van der Waals surface area contributed by atoms with E-state index in [0.29, 0.717) is 16.9 Å². The third-order valence-corrected chi connectivity index (χ3v) is 7.48. The van der Waals surface area contributed by atoms with E-state index in [0.717, 1.165) is 55.1 Å². The largest absolute Gasteiger partial charge is 0.420 e. The molecule has 3 aromatic heterocycles. The molecule has 5 aromatic carbocycles. The van der Waals surface area contributed by atoms with Gasteiger partial charge in [0.15, 0.2) is 5.58 Å². The summed E-state index contributed by atoms with van der Waals surface area (Å²) < 4.78 is 8.11. The van der Waals surface area contributed by atoms with E-state index in [1.54, 1.807) is 6.07 Å². The number of rotatable bonds is 3. The normalized spacial score (nSPS) is 11.6. The van der Waals surface area contributed by atoms with E-state index < -0.39 is 0 Å². The molecule has 0 bridgehead atoms. The zero-order valence-corrected chi connectivity index (χ0v) is 21.3. The average Bonchev–Trinajstić information content (AvgIpc) is 3.37. The summed E-state index contributed by atoms with van der Waals surface area (Å²) in [7, 11) is 0. The van der Waals surface area contributed by atoms with Crippen molar-refractivity contribution in [2.45, 2.75) is 0 Å². The van der Waals surface area contributed by atoms with E-state index in [2.05, 4.69) is 18.2 Å². The molecule has 0 fully saturated rings. The molecule has 8 aromatic rings. The lowest BCUT2D eigenvalue weighted by Gasteiger charge is -2.12. The predicted molar refractivity (Wildman–Crippen MR) is 161 cm³/mol. The molecule has 8 rings (SSSR count). The van der Waals surface area contributed by atoms with Crippen molar-refractivity contribution in [2.24, 2.45) is 0 Å². The van der Waals surface area contributed by atoms with Crippen LogP contribution in [0.5, 0.6) is 0 Å². The van der Waals surface area contributed by atoms with Gasteiger partial charge in [-0.15, -0.1) is 0 Å². The number of aromatic nitrogens is 3. The first-order valence-electron chi connectivity index (χ1n) is 13.1. The smallest absolute Gasteiger partial charge is 0.344 e. The fraction of sp³-hybridized carbons (Fsp3) is 0. The van der Waals surface area contributed by atoms with Crippen LogP contribution in [-0.4, -0.2) is 14.5 Å². The third-order valence-electron chi connectivity index (χ3n) is 7.48. The zero-order valence-electron chi connectivity index (χ0n) is 21.3. The predicted octanol–water partition coefficient (Wildman–Crippen LogP) is 8.17. The summed E-state index contributed by atoms with van der Waals surface area (Å²) in [5.74, 6) is 0.509. The summed E-state index contributed by atoms with van der Waals surface area (Å²) in [4.78, 5) is 23.4. The van der Waals surface area contributed by atoms with Gasteiger partial charge in [0.05, 0.1) is 22.3 Å². The molecule has 0 aliphatic heterocycles. The molecule has 3 heterocycles. The van der Waals surface area contributed by atoms with Gasteiger partial charge >= 0.3 is 5.63 Å². The van der Waals surface area contributed by atoms with Crippen LogP contribution >= 0.6 is 0 Å². The highest BCUT2D eigenvalue weighted by atomic mass is 16.4. The lowest BCUT2D eigenvalue weighted by atomic mass is 10.1. The van der Waals surface area contributed by atoms with Gasteiger partial charge in [0.2, 0.25) is 5.95 Å². The van der Waals surface area contributed by atoms with Crippen molar-refractivity contribution in [3.8, 4) is 28.5 Å². The van der Waals surface area contributed by atoms with Crippen LogP contribution in [0.4, 0.5) is 0 Å². The van der Waals surface area contributed by atoms with Gasteiger partial charge in [-0.05, 0) is 29.7 Å². The van der Waals surface area contributed by atoms with Gasteiger partial charge in [0.1, 0.15) is 5.52 Å². The van der Waals surface area contributed by atoms with Crippen LogP contribution in [0.25, 0.3) is 72.0 Å². The van der Waals surface area contributed by atoms with Crippen LogP contribution < -0.4 is 5.63 Å². The summed E-state index contributed by atoms with van der Waals surface area (Å²) in [5, 5.41) is 4.29. The van der Waals surface area contributed by atoms with Gasteiger partial charge < -0.3 is 4.42 Å². The summed E-state index contributed by atoms with van der Waals surface area (Å²) >= 11 is 0. The fourth-order valence-corrected chi connectivity index (χ4v) is 5.64. The van der Waals surface area contributed by atoms with Crippen molar-refractivity contribution in [1.29, 1.82) is 0 Å². The molecule has 0 aliphatic carbocycles. The maximum absolute atomic E-state index is 13.2. The first-order chi connectivity index (χ1) is 19.8. The van der Waals surface area contributed by atoms with Crippen LogP contribution in [0.15, 0.2) is 137 Å². The van der Waals surface area contributed by atoms with Crippen LogP contribution in [-0.2, 0) is 0 Å². The van der Waals surface area contributed by atoms with Crippen molar-refractivity contribution < 1.29 is 4.42 Å². The highest BCUT2D eigenvalue weighted by Gasteiger charge is 2.21. The molecule has 0 saturated heterocycles. The Morgan fingerprint density at radius 3 is 1.75 bits per heavy atom. The molecule has 0 spiro atoms. The van der Waals surface area contributed by atoms with Gasteiger partial charge in [-0.2, -0.15) is 0 Å². The lowest BCUT2D eigenvalue weighted by Crippen LogP contribution is -2.05. The Bertz CT molecular complexity index is 2230. The minimum Gasteiger partial charge on any atom is -0.420 e. The van der Waals surface area contributed by atoms with E-state index in [1.807, 2.05) is 108 Å². The molecule has 0 N–H and O–H groups in total. The van der Waals surface area contributed by atoms with Crippen molar-refractivity contribution in [1.82, 2.24) is 14.5 Å².